The van der Waals surface area contributed by atoms with Gasteiger partial charge in [-0.05, 0) is 0 Å². The molecule has 0 spiro atoms. The Bertz CT molecular complexity index is 754. The SMILES string of the molecule is CC[Si](CC)(CC)[C@@H]([Se]c1ccccc1)[C@H]1CC1(C(=O)OC(C)(C)C)C(=O)OC(C)(C)C. The van der Waals surface area contributed by atoms with Crippen molar-refractivity contribution in [3.8, 4) is 0 Å². The summed E-state index contributed by atoms with van der Waals surface area (Å²) in [5.41, 5.74) is -2.46. The van der Waals surface area contributed by atoms with E-state index in [-0.39, 0.29) is 20.9 Å². The van der Waals surface area contributed by atoms with Crippen LogP contribution < -0.4 is 4.46 Å². The van der Waals surface area contributed by atoms with Gasteiger partial charge >= 0.3 is 203 Å². The molecule has 0 heterocycles. The van der Waals surface area contributed by atoms with Gasteiger partial charge in [0.15, 0.2) is 0 Å². The molecule has 0 N–H and O–H groups in total. The minimum atomic E-state index is -1.72. The molecule has 32 heavy (non-hydrogen) atoms. The van der Waals surface area contributed by atoms with E-state index >= 15 is 0 Å². The molecule has 1 aliphatic rings. The molecule has 1 aliphatic carbocycles. The number of benzene rings is 1. The molecule has 6 heteroatoms. The number of hydrogen-bond acceptors (Lipinski definition) is 4. The monoisotopic (exact) mass is 526 g/mol. The summed E-state index contributed by atoms with van der Waals surface area (Å²) in [5, 5.41) is 0. The molecule has 0 amide bonds. The molecule has 0 radical (unpaired) electrons. The second-order valence-corrected chi connectivity index (χ2v) is 20.0. The van der Waals surface area contributed by atoms with Gasteiger partial charge in [-0.3, -0.25) is 0 Å². The zero-order valence-corrected chi connectivity index (χ0v) is 24.1. The molecule has 180 valence electrons. The predicted molar refractivity (Wildman–Crippen MR) is 135 cm³/mol. The van der Waals surface area contributed by atoms with Crippen molar-refractivity contribution in [3.63, 3.8) is 0 Å². The van der Waals surface area contributed by atoms with Crippen LogP contribution in [0, 0.1) is 11.3 Å². The first-order valence-corrected chi connectivity index (χ1v) is 16.5. The summed E-state index contributed by atoms with van der Waals surface area (Å²) in [6, 6.07) is 14.1. The van der Waals surface area contributed by atoms with Crippen LogP contribution in [0.4, 0.5) is 0 Å². The molecule has 0 aromatic heterocycles. The van der Waals surface area contributed by atoms with Gasteiger partial charge in [0.1, 0.15) is 0 Å². The van der Waals surface area contributed by atoms with Crippen LogP contribution in [0.25, 0.3) is 0 Å². The summed E-state index contributed by atoms with van der Waals surface area (Å²) in [5.74, 6) is -0.799. The number of esters is 2. The van der Waals surface area contributed by atoms with Crippen molar-refractivity contribution in [2.24, 2.45) is 11.3 Å². The van der Waals surface area contributed by atoms with Crippen LogP contribution in [0.15, 0.2) is 30.3 Å². The van der Waals surface area contributed by atoms with Gasteiger partial charge in [0, 0.05) is 0 Å². The van der Waals surface area contributed by atoms with Gasteiger partial charge in [-0.1, -0.05) is 0 Å². The zero-order valence-electron chi connectivity index (χ0n) is 21.4. The maximum atomic E-state index is 13.5. The molecule has 1 aromatic carbocycles. The summed E-state index contributed by atoms with van der Waals surface area (Å²) in [4.78, 5) is 27.1. The Morgan fingerprint density at radius 1 is 0.938 bits per heavy atom. The Morgan fingerprint density at radius 2 is 1.38 bits per heavy atom. The van der Waals surface area contributed by atoms with E-state index in [9.17, 15) is 9.59 Å². The number of carbonyl (C=O) groups is 2. The van der Waals surface area contributed by atoms with Crippen molar-refractivity contribution in [2.75, 3.05) is 0 Å². The van der Waals surface area contributed by atoms with Crippen LogP contribution in [0.3, 0.4) is 0 Å². The maximum absolute atomic E-state index is 13.5. The topological polar surface area (TPSA) is 52.6 Å². The molecule has 0 aliphatic heterocycles. The molecular weight excluding hydrogens is 483 g/mol. The second kappa shape index (κ2) is 10.0. The molecule has 1 aromatic rings. The Hall–Kier alpha value is -1.10. The van der Waals surface area contributed by atoms with Crippen molar-refractivity contribution in [3.05, 3.63) is 30.3 Å². The van der Waals surface area contributed by atoms with Crippen LogP contribution in [0.5, 0.6) is 0 Å². The molecule has 2 rings (SSSR count). The summed E-state index contributed by atoms with van der Waals surface area (Å²) in [6.45, 7) is 18.1. The van der Waals surface area contributed by atoms with Crippen LogP contribution in [-0.2, 0) is 19.1 Å². The number of hydrogen-bond donors (Lipinski definition) is 0. The molecule has 0 unspecified atom stereocenters. The molecule has 4 nitrogen and oxygen atoms in total. The average molecular weight is 526 g/mol. The van der Waals surface area contributed by atoms with Gasteiger partial charge < -0.3 is 0 Å². The average Bonchev–Trinajstić information content (AvgIpc) is 3.44. The Kier molecular flexibility index (Phi) is 8.51. The van der Waals surface area contributed by atoms with Crippen molar-refractivity contribution < 1.29 is 19.1 Å². The molecule has 2 atom stereocenters. The van der Waals surface area contributed by atoms with Crippen molar-refractivity contribution >= 4 is 39.4 Å². The van der Waals surface area contributed by atoms with Crippen molar-refractivity contribution in [1.29, 1.82) is 0 Å². The summed E-state index contributed by atoms with van der Waals surface area (Å²) >= 11 is 0.186. The van der Waals surface area contributed by atoms with E-state index in [0.717, 1.165) is 18.1 Å². The third-order valence-electron chi connectivity index (χ3n) is 6.63. The van der Waals surface area contributed by atoms with E-state index in [2.05, 4.69) is 45.0 Å². The fourth-order valence-electron chi connectivity index (χ4n) is 4.58. The molecule has 0 saturated heterocycles. The molecule has 0 bridgehead atoms. The van der Waals surface area contributed by atoms with E-state index < -0.39 is 36.6 Å². The third-order valence-corrected chi connectivity index (χ3v) is 18.6. The van der Waals surface area contributed by atoms with Gasteiger partial charge in [-0.25, -0.2) is 0 Å². The summed E-state index contributed by atoms with van der Waals surface area (Å²) in [6.07, 6.45) is 0.546. The van der Waals surface area contributed by atoms with Crippen molar-refractivity contribution in [2.45, 2.75) is 103 Å². The summed E-state index contributed by atoms with van der Waals surface area (Å²) in [7, 11) is -1.72. The first-order valence-electron chi connectivity index (χ1n) is 11.9. The standard InChI is InChI=1S/C26H42O4SeSi/c1-10-32(11-2,12-3)21(31-19-16-14-13-15-17-19)20-18-26(20,22(27)29-24(4,5)6)23(28)30-25(7,8)9/h13-17,20-21H,10-12,18H2,1-9H3/t20-,21-/m1/s1. The molecule has 1 saturated carbocycles. The van der Waals surface area contributed by atoms with Crippen LogP contribution in [0.1, 0.15) is 68.7 Å². The van der Waals surface area contributed by atoms with E-state index in [1.165, 1.54) is 4.46 Å². The van der Waals surface area contributed by atoms with Gasteiger partial charge in [-0.15, -0.1) is 0 Å². The second-order valence-electron chi connectivity index (χ2n) is 11.1. The van der Waals surface area contributed by atoms with Crippen LogP contribution >= 0.6 is 0 Å². The van der Waals surface area contributed by atoms with E-state index in [1.807, 2.05) is 47.6 Å². The minimum absolute atomic E-state index is 0.000997. The Morgan fingerprint density at radius 3 is 1.75 bits per heavy atom. The van der Waals surface area contributed by atoms with E-state index in [0.29, 0.717) is 10.9 Å². The van der Waals surface area contributed by atoms with E-state index in [4.69, 9.17) is 9.47 Å². The third kappa shape index (κ3) is 6.06. The van der Waals surface area contributed by atoms with Crippen molar-refractivity contribution in [1.82, 2.24) is 0 Å². The van der Waals surface area contributed by atoms with Gasteiger partial charge in [0.2, 0.25) is 0 Å². The molecular formula is C26H42O4SeSi. The number of rotatable bonds is 9. The fraction of sp³-hybridized carbons (Fsp3) is 0.692. The normalized spacial score (nSPS) is 19.2. The fourth-order valence-corrected chi connectivity index (χ4v) is 16.5. The Labute approximate surface area is 202 Å². The first-order chi connectivity index (χ1) is 14.7. The number of carbonyl (C=O) groups excluding carboxylic acids is 2. The van der Waals surface area contributed by atoms with Crippen LogP contribution in [-0.4, -0.2) is 46.2 Å². The zero-order chi connectivity index (χ0) is 24.4. The first kappa shape index (κ1) is 27.1. The van der Waals surface area contributed by atoms with Crippen LogP contribution in [0.2, 0.25) is 22.6 Å². The molecule has 1 fully saturated rings. The number of ether oxygens (including phenoxy) is 2. The van der Waals surface area contributed by atoms with Gasteiger partial charge in [0.05, 0.1) is 0 Å². The van der Waals surface area contributed by atoms with Gasteiger partial charge in [0.25, 0.3) is 0 Å². The Balaban J connectivity index is 2.52. The quantitative estimate of drug-likeness (QED) is 0.241. The van der Waals surface area contributed by atoms with E-state index in [1.54, 1.807) is 0 Å². The summed E-state index contributed by atoms with van der Waals surface area (Å²) < 4.78 is 13.4. The van der Waals surface area contributed by atoms with Gasteiger partial charge in [-0.2, -0.15) is 0 Å². The predicted octanol–water partition coefficient (Wildman–Crippen LogP) is 5.54.